The maximum absolute atomic E-state index is 10.3. The summed E-state index contributed by atoms with van der Waals surface area (Å²) in [5.41, 5.74) is 0. The number of rotatable bonds is 29. The first-order chi connectivity index (χ1) is 16.6. The second-order valence-electron chi connectivity index (χ2n) is 8.59. The average Bonchev–Trinajstić information content (AvgIpc) is 2.80. The Morgan fingerprint density at radius 3 is 1.76 bits per heavy atom. The van der Waals surface area contributed by atoms with Gasteiger partial charge in [-0.05, 0) is 86.3 Å². The van der Waals surface area contributed by atoms with Crippen molar-refractivity contribution in [3.05, 3.63) is 0 Å². The molecule has 0 aliphatic rings. The summed E-state index contributed by atoms with van der Waals surface area (Å²) in [7, 11) is -4.70. The molecule has 0 fully saturated rings. The molecule has 0 heterocycles. The van der Waals surface area contributed by atoms with E-state index in [-0.39, 0.29) is 6.61 Å². The summed E-state index contributed by atoms with van der Waals surface area (Å²) in [6.07, 6.45) is 18.7. The zero-order chi connectivity index (χ0) is 25.0. The highest BCUT2D eigenvalue weighted by Gasteiger charge is 2.16. The molecule has 0 spiro atoms. The molecule has 0 aliphatic carbocycles. The van der Waals surface area contributed by atoms with E-state index in [9.17, 15) is 4.57 Å². The van der Waals surface area contributed by atoms with Gasteiger partial charge in [0.15, 0.2) is 0 Å². The smallest absolute Gasteiger partial charge is 0.317 e. The summed E-state index contributed by atoms with van der Waals surface area (Å²) in [5, 5.41) is 14.9. The van der Waals surface area contributed by atoms with E-state index in [0.717, 1.165) is 45.2 Å². The van der Waals surface area contributed by atoms with Gasteiger partial charge in [-0.15, -0.1) is 0 Å². The van der Waals surface area contributed by atoms with Crippen LogP contribution in [-0.2, 0) is 24.2 Å². The third kappa shape index (κ3) is 32.3. The van der Waals surface area contributed by atoms with Crippen LogP contribution in [0, 0.1) is 0 Å². The molecule has 4 N–H and O–H groups in total. The highest BCUT2D eigenvalue weighted by atomic mass is 32.2. The van der Waals surface area contributed by atoms with Crippen LogP contribution in [-0.4, -0.2) is 54.1 Å². The minimum absolute atomic E-state index is 0.274. The van der Waals surface area contributed by atoms with Crippen molar-refractivity contribution in [2.45, 2.75) is 103 Å². The van der Waals surface area contributed by atoms with Gasteiger partial charge in [-0.2, -0.15) is 11.8 Å². The van der Waals surface area contributed by atoms with Gasteiger partial charge in [0.2, 0.25) is 0 Å². The molecule has 206 valence electrons. The number of thioether (sulfide) groups is 1. The Labute approximate surface area is 211 Å². The summed E-state index contributed by atoms with van der Waals surface area (Å²) in [4.78, 5) is 21.2. The summed E-state index contributed by atoms with van der Waals surface area (Å²) in [6, 6.07) is 0. The van der Waals surface area contributed by atoms with Gasteiger partial charge in [0.25, 0.3) is 0 Å². The van der Waals surface area contributed by atoms with E-state index in [0.29, 0.717) is 0 Å². The number of unbranched alkanes of at least 4 members (excludes halogenated alkanes) is 11. The molecule has 0 amide bonds. The molecule has 0 bridgehead atoms. The van der Waals surface area contributed by atoms with Gasteiger partial charge in [0.1, 0.15) is 0 Å². The topological polar surface area (TPSA) is 119 Å². The lowest BCUT2D eigenvalue weighted by molar-refractivity contribution is -0.610. The number of hydrogen-bond donors (Lipinski definition) is 4. The zero-order valence-electron chi connectivity index (χ0n) is 21.3. The monoisotopic (exact) mass is 530 g/mol. The minimum Gasteiger partial charge on any atom is -0.317 e. The summed E-state index contributed by atoms with van der Waals surface area (Å²) < 4.78 is 13.9. The first-order valence-electron chi connectivity index (χ1n) is 13.3. The normalized spacial score (nSPS) is 12.0. The molecule has 0 aromatic rings. The lowest BCUT2D eigenvalue weighted by atomic mass is 10.1. The molecule has 9 nitrogen and oxygen atoms in total. The van der Waals surface area contributed by atoms with Crippen molar-refractivity contribution in [2.75, 3.05) is 44.3 Å². The summed E-state index contributed by atoms with van der Waals surface area (Å²) in [6.45, 7) is 7.07. The predicted molar refractivity (Wildman–Crippen MR) is 139 cm³/mol. The first kappa shape index (κ1) is 34.3. The average molecular weight is 531 g/mol. The summed E-state index contributed by atoms with van der Waals surface area (Å²) in [5.74, 6) is 2.53. The van der Waals surface area contributed by atoms with E-state index in [1.54, 1.807) is 0 Å². The molecule has 0 unspecified atom stereocenters. The molecule has 0 aliphatic heterocycles. The molecule has 0 radical (unpaired) electrons. The van der Waals surface area contributed by atoms with Gasteiger partial charge in [-0.1, -0.05) is 69.4 Å². The third-order valence-electron chi connectivity index (χ3n) is 5.28. The quantitative estimate of drug-likeness (QED) is 0.0416. The van der Waals surface area contributed by atoms with Crippen LogP contribution >= 0.6 is 19.6 Å². The van der Waals surface area contributed by atoms with E-state index in [1.165, 1.54) is 88.8 Å². The van der Waals surface area contributed by atoms with E-state index >= 15 is 0 Å². The van der Waals surface area contributed by atoms with Gasteiger partial charge in [-0.3, -0.25) is 0 Å². The molecule has 34 heavy (non-hydrogen) atoms. The first-order valence-corrected chi connectivity index (χ1v) is 15.9. The minimum atomic E-state index is -4.70. The Bertz CT molecular complexity index is 448. The van der Waals surface area contributed by atoms with Crippen LogP contribution in [0.15, 0.2) is 0 Å². The number of nitrogens with one attached hydrogen (secondary N) is 2. The Balaban J connectivity index is 3.03. The molecular formula is C23H51N2O7PS. The molecule has 11 heteroatoms. The fourth-order valence-electron chi connectivity index (χ4n) is 3.36. The molecule has 0 saturated heterocycles. The van der Waals surface area contributed by atoms with Crippen LogP contribution in [0.2, 0.25) is 0 Å². The van der Waals surface area contributed by atoms with E-state index in [4.69, 9.17) is 9.79 Å². The number of phosphoric acid groups is 1. The van der Waals surface area contributed by atoms with E-state index in [1.807, 2.05) is 0 Å². The van der Waals surface area contributed by atoms with Crippen molar-refractivity contribution < 1.29 is 34.0 Å². The molecule has 0 aromatic carbocycles. The van der Waals surface area contributed by atoms with Gasteiger partial charge < -0.3 is 20.4 Å². The van der Waals surface area contributed by atoms with Crippen molar-refractivity contribution in [1.82, 2.24) is 10.6 Å². The van der Waals surface area contributed by atoms with Crippen LogP contribution in [0.25, 0.3) is 0 Å². The lowest BCUT2D eigenvalue weighted by Gasteiger charge is -2.06. The van der Waals surface area contributed by atoms with Crippen LogP contribution in [0.4, 0.5) is 0 Å². The van der Waals surface area contributed by atoms with E-state index in [2.05, 4.69) is 49.0 Å². The van der Waals surface area contributed by atoms with Gasteiger partial charge in [0, 0.05) is 0 Å². The molecule has 0 atom stereocenters. The predicted octanol–water partition coefficient (Wildman–Crippen LogP) is 5.67. The second kappa shape index (κ2) is 27.8. The van der Waals surface area contributed by atoms with Crippen LogP contribution in [0.5, 0.6) is 0 Å². The largest absolute Gasteiger partial charge is 0.499 e. The van der Waals surface area contributed by atoms with Crippen molar-refractivity contribution in [3.8, 4) is 0 Å². The Kier molecular flexibility index (Phi) is 28.1. The van der Waals surface area contributed by atoms with Gasteiger partial charge in [-0.25, -0.2) is 9.45 Å². The highest BCUT2D eigenvalue weighted by Crippen LogP contribution is 2.35. The number of hydrogen-bond acceptors (Lipinski definition) is 8. The molecule has 0 rings (SSSR count). The van der Waals surface area contributed by atoms with Crippen molar-refractivity contribution in [3.63, 3.8) is 0 Å². The Morgan fingerprint density at radius 2 is 1.15 bits per heavy atom. The Morgan fingerprint density at radius 1 is 0.647 bits per heavy atom. The zero-order valence-corrected chi connectivity index (χ0v) is 23.1. The second-order valence-corrected chi connectivity index (χ2v) is 10.9. The van der Waals surface area contributed by atoms with Crippen LogP contribution < -0.4 is 10.6 Å². The Hall–Kier alpha value is 0.260. The maximum Gasteiger partial charge on any atom is 0.499 e. The van der Waals surface area contributed by atoms with Gasteiger partial charge in [0.05, 0.1) is 6.61 Å². The standard InChI is InChI=1S/C23H51N2O7PS/c1-2-3-4-5-7-11-17-24-19-13-10-15-22-34-23-16-20-25-18-12-8-6-9-14-21-29-30-31-32-33(26,27)28/h24-25H,2-23H2,1H3,(H2,26,27,28). The van der Waals surface area contributed by atoms with Gasteiger partial charge >= 0.3 is 7.82 Å². The molecular weight excluding hydrogens is 479 g/mol. The van der Waals surface area contributed by atoms with Crippen LogP contribution in [0.3, 0.4) is 0 Å². The van der Waals surface area contributed by atoms with Crippen molar-refractivity contribution in [2.24, 2.45) is 0 Å². The summed E-state index contributed by atoms with van der Waals surface area (Å²) >= 11 is 2.08. The fraction of sp³-hybridized carbons (Fsp3) is 1.00. The molecule has 0 aromatic heterocycles. The maximum atomic E-state index is 10.3. The van der Waals surface area contributed by atoms with E-state index < -0.39 is 7.82 Å². The molecule has 0 saturated carbocycles. The highest BCUT2D eigenvalue weighted by molar-refractivity contribution is 7.99. The van der Waals surface area contributed by atoms with Crippen LogP contribution in [0.1, 0.15) is 103 Å². The van der Waals surface area contributed by atoms with Crippen molar-refractivity contribution >= 4 is 19.6 Å². The third-order valence-corrected chi connectivity index (χ3v) is 6.69. The fourth-order valence-corrected chi connectivity index (χ4v) is 4.42. The van der Waals surface area contributed by atoms with Crippen molar-refractivity contribution in [1.29, 1.82) is 0 Å². The lowest BCUT2D eigenvalue weighted by Crippen LogP contribution is -2.17. The SMILES string of the molecule is CCCCCCCCNCCCCCSCCCNCCCCCCCOOOOP(=O)(O)O.